The molecule has 1 saturated heterocycles. The number of nitrogens with zero attached hydrogens (tertiary/aromatic N) is 1. The SMILES string of the molecule is Nc1ccc(C2CCC(N3CCC3)CC2)cc1. The molecule has 1 aromatic rings. The van der Waals surface area contributed by atoms with Crippen LogP contribution in [0.3, 0.4) is 0 Å². The van der Waals surface area contributed by atoms with E-state index in [1.807, 2.05) is 12.1 Å². The highest BCUT2D eigenvalue weighted by Gasteiger charge is 2.29. The monoisotopic (exact) mass is 230 g/mol. The normalized spacial score (nSPS) is 29.9. The Hall–Kier alpha value is -1.02. The molecule has 2 N–H and O–H groups in total. The molecular weight excluding hydrogens is 208 g/mol. The first-order chi connectivity index (χ1) is 8.33. The zero-order valence-corrected chi connectivity index (χ0v) is 10.4. The minimum Gasteiger partial charge on any atom is -0.399 e. The van der Waals surface area contributed by atoms with Gasteiger partial charge < -0.3 is 10.6 Å². The van der Waals surface area contributed by atoms with E-state index in [1.165, 1.54) is 50.8 Å². The molecule has 1 aliphatic carbocycles. The summed E-state index contributed by atoms with van der Waals surface area (Å²) in [5.41, 5.74) is 8.10. The van der Waals surface area contributed by atoms with Gasteiger partial charge in [-0.2, -0.15) is 0 Å². The van der Waals surface area contributed by atoms with Crippen LogP contribution in [0, 0.1) is 0 Å². The Morgan fingerprint density at radius 3 is 2.12 bits per heavy atom. The molecule has 0 radical (unpaired) electrons. The van der Waals surface area contributed by atoms with Crippen molar-refractivity contribution in [3.63, 3.8) is 0 Å². The van der Waals surface area contributed by atoms with Crippen LogP contribution in [-0.4, -0.2) is 24.0 Å². The van der Waals surface area contributed by atoms with Gasteiger partial charge in [-0.25, -0.2) is 0 Å². The molecule has 2 nitrogen and oxygen atoms in total. The highest BCUT2D eigenvalue weighted by atomic mass is 15.2. The number of nitrogen functional groups attached to an aromatic ring is 1. The van der Waals surface area contributed by atoms with Gasteiger partial charge in [0.1, 0.15) is 0 Å². The Labute approximate surface area is 104 Å². The lowest BCUT2D eigenvalue weighted by molar-refractivity contribution is 0.0869. The van der Waals surface area contributed by atoms with Gasteiger partial charge >= 0.3 is 0 Å². The van der Waals surface area contributed by atoms with E-state index in [2.05, 4.69) is 17.0 Å². The van der Waals surface area contributed by atoms with Crippen LogP contribution in [0.15, 0.2) is 24.3 Å². The summed E-state index contributed by atoms with van der Waals surface area (Å²) in [4.78, 5) is 2.67. The quantitative estimate of drug-likeness (QED) is 0.791. The van der Waals surface area contributed by atoms with Gasteiger partial charge in [0, 0.05) is 11.7 Å². The second kappa shape index (κ2) is 4.69. The minimum absolute atomic E-state index is 0.771. The molecule has 3 rings (SSSR count). The number of hydrogen-bond acceptors (Lipinski definition) is 2. The number of rotatable bonds is 2. The van der Waals surface area contributed by atoms with Gasteiger partial charge in [-0.3, -0.25) is 0 Å². The lowest BCUT2D eigenvalue weighted by atomic mass is 9.80. The van der Waals surface area contributed by atoms with E-state index in [9.17, 15) is 0 Å². The summed E-state index contributed by atoms with van der Waals surface area (Å²) < 4.78 is 0. The molecule has 92 valence electrons. The van der Waals surface area contributed by atoms with Crippen LogP contribution in [-0.2, 0) is 0 Å². The van der Waals surface area contributed by atoms with Crippen LogP contribution in [0.2, 0.25) is 0 Å². The summed E-state index contributed by atoms with van der Waals surface area (Å²) in [6, 6.07) is 9.38. The largest absolute Gasteiger partial charge is 0.399 e. The minimum atomic E-state index is 0.771. The molecule has 1 aromatic carbocycles. The van der Waals surface area contributed by atoms with Crippen molar-refractivity contribution in [2.75, 3.05) is 18.8 Å². The fourth-order valence-corrected chi connectivity index (χ4v) is 3.25. The summed E-state index contributed by atoms with van der Waals surface area (Å²) in [5, 5.41) is 0. The molecule has 0 amide bonds. The highest BCUT2D eigenvalue weighted by Crippen LogP contribution is 2.36. The van der Waals surface area contributed by atoms with Crippen molar-refractivity contribution >= 4 is 5.69 Å². The van der Waals surface area contributed by atoms with E-state index in [1.54, 1.807) is 0 Å². The number of benzene rings is 1. The van der Waals surface area contributed by atoms with Gasteiger partial charge in [0.25, 0.3) is 0 Å². The van der Waals surface area contributed by atoms with Crippen molar-refractivity contribution < 1.29 is 0 Å². The van der Waals surface area contributed by atoms with Gasteiger partial charge in [-0.05, 0) is 68.8 Å². The van der Waals surface area contributed by atoms with Crippen molar-refractivity contribution in [1.82, 2.24) is 4.90 Å². The molecule has 0 unspecified atom stereocenters. The Morgan fingerprint density at radius 1 is 0.941 bits per heavy atom. The van der Waals surface area contributed by atoms with E-state index in [4.69, 9.17) is 5.73 Å². The molecule has 0 spiro atoms. The number of nitrogens with two attached hydrogens (primary N) is 1. The molecule has 17 heavy (non-hydrogen) atoms. The fraction of sp³-hybridized carbons (Fsp3) is 0.600. The third kappa shape index (κ3) is 2.32. The molecule has 0 aromatic heterocycles. The zero-order chi connectivity index (χ0) is 11.7. The third-order valence-corrected chi connectivity index (χ3v) is 4.51. The summed E-state index contributed by atoms with van der Waals surface area (Å²) in [5.74, 6) is 0.771. The molecular formula is C15H22N2. The molecule has 1 aliphatic heterocycles. The first kappa shape index (κ1) is 11.1. The first-order valence-corrected chi connectivity index (χ1v) is 6.92. The smallest absolute Gasteiger partial charge is 0.0314 e. The lowest BCUT2D eigenvalue weighted by Gasteiger charge is -2.42. The van der Waals surface area contributed by atoms with Crippen molar-refractivity contribution in [1.29, 1.82) is 0 Å². The first-order valence-electron chi connectivity index (χ1n) is 6.92. The summed E-state index contributed by atoms with van der Waals surface area (Å²) >= 11 is 0. The Morgan fingerprint density at radius 2 is 1.59 bits per heavy atom. The lowest BCUT2D eigenvalue weighted by Crippen LogP contribution is -2.46. The standard InChI is InChI=1S/C15H22N2/c16-14-6-2-12(3-7-14)13-4-8-15(9-5-13)17-10-1-11-17/h2-3,6-7,13,15H,1,4-5,8-11,16H2. The average Bonchev–Trinajstić information content (AvgIpc) is 2.29. The van der Waals surface area contributed by atoms with Crippen LogP contribution in [0.1, 0.15) is 43.6 Å². The van der Waals surface area contributed by atoms with Crippen LogP contribution in [0.25, 0.3) is 0 Å². The van der Waals surface area contributed by atoms with Crippen LogP contribution >= 0.6 is 0 Å². The molecule has 2 fully saturated rings. The molecule has 2 aliphatic rings. The Balaban J connectivity index is 1.58. The maximum atomic E-state index is 5.74. The number of hydrogen-bond donors (Lipinski definition) is 1. The fourth-order valence-electron chi connectivity index (χ4n) is 3.25. The highest BCUT2D eigenvalue weighted by molar-refractivity contribution is 5.40. The number of anilines is 1. The topological polar surface area (TPSA) is 29.3 Å². The van der Waals surface area contributed by atoms with Crippen LogP contribution in [0.5, 0.6) is 0 Å². The molecule has 0 atom stereocenters. The number of likely N-dealkylation sites (tertiary alicyclic amines) is 1. The third-order valence-electron chi connectivity index (χ3n) is 4.51. The van der Waals surface area contributed by atoms with Gasteiger partial charge in [0.2, 0.25) is 0 Å². The zero-order valence-electron chi connectivity index (χ0n) is 10.4. The molecule has 0 bridgehead atoms. The van der Waals surface area contributed by atoms with Gasteiger partial charge in [0.15, 0.2) is 0 Å². The Bertz CT molecular complexity index is 359. The average molecular weight is 230 g/mol. The van der Waals surface area contributed by atoms with Crippen molar-refractivity contribution in [2.24, 2.45) is 0 Å². The summed E-state index contributed by atoms with van der Waals surface area (Å²) in [6.07, 6.45) is 6.89. The van der Waals surface area contributed by atoms with E-state index < -0.39 is 0 Å². The molecule has 1 heterocycles. The summed E-state index contributed by atoms with van der Waals surface area (Å²) in [7, 11) is 0. The van der Waals surface area contributed by atoms with Gasteiger partial charge in [0.05, 0.1) is 0 Å². The summed E-state index contributed by atoms with van der Waals surface area (Å²) in [6.45, 7) is 2.69. The maximum Gasteiger partial charge on any atom is 0.0314 e. The van der Waals surface area contributed by atoms with E-state index >= 15 is 0 Å². The second-order valence-electron chi connectivity index (χ2n) is 5.56. The molecule has 1 saturated carbocycles. The van der Waals surface area contributed by atoms with Crippen molar-refractivity contribution in [2.45, 2.75) is 44.1 Å². The predicted octanol–water partition coefficient (Wildman–Crippen LogP) is 3.00. The Kier molecular flexibility index (Phi) is 3.06. The van der Waals surface area contributed by atoms with E-state index in [0.717, 1.165) is 17.6 Å². The predicted molar refractivity (Wildman–Crippen MR) is 72.0 cm³/mol. The van der Waals surface area contributed by atoms with Gasteiger partial charge in [-0.15, -0.1) is 0 Å². The van der Waals surface area contributed by atoms with E-state index in [-0.39, 0.29) is 0 Å². The molecule has 2 heteroatoms. The van der Waals surface area contributed by atoms with Crippen LogP contribution < -0.4 is 5.73 Å². The van der Waals surface area contributed by atoms with Crippen molar-refractivity contribution in [3.8, 4) is 0 Å². The van der Waals surface area contributed by atoms with Gasteiger partial charge in [-0.1, -0.05) is 12.1 Å². The second-order valence-corrected chi connectivity index (χ2v) is 5.56. The van der Waals surface area contributed by atoms with E-state index in [0.29, 0.717) is 0 Å². The maximum absolute atomic E-state index is 5.74. The van der Waals surface area contributed by atoms with Crippen molar-refractivity contribution in [3.05, 3.63) is 29.8 Å². The van der Waals surface area contributed by atoms with Crippen LogP contribution in [0.4, 0.5) is 5.69 Å².